The monoisotopic (exact) mass is 258 g/mol. The lowest BCUT2D eigenvalue weighted by molar-refractivity contribution is 0.191. The molecule has 0 heterocycles. The second kappa shape index (κ2) is 4.80. The van der Waals surface area contributed by atoms with E-state index in [1.807, 2.05) is 45.0 Å². The summed E-state index contributed by atoms with van der Waals surface area (Å²) >= 11 is 0. The molecule has 0 fully saturated rings. The van der Waals surface area contributed by atoms with Gasteiger partial charge in [-0.3, -0.25) is 0 Å². The lowest BCUT2D eigenvalue weighted by atomic mass is 10.1. The van der Waals surface area contributed by atoms with Crippen molar-refractivity contribution in [1.82, 2.24) is 5.32 Å². The second-order valence-electron chi connectivity index (χ2n) is 5.50. The Morgan fingerprint density at radius 1 is 1.16 bits per heavy atom. The minimum absolute atomic E-state index is 0.345. The van der Waals surface area contributed by atoms with E-state index in [1.165, 1.54) is 0 Å². The van der Waals surface area contributed by atoms with Gasteiger partial charge in [0.1, 0.15) is 0 Å². The maximum atomic E-state index is 11.7. The van der Waals surface area contributed by atoms with E-state index in [2.05, 4.69) is 5.32 Å². The SMILES string of the molecule is CC(C)(C)NC(=O)Oc1cc2ccccc2cc1N. The highest BCUT2D eigenvalue weighted by atomic mass is 16.6. The topological polar surface area (TPSA) is 64.3 Å². The highest BCUT2D eigenvalue weighted by molar-refractivity contribution is 5.89. The number of fused-ring (bicyclic) bond motifs is 1. The van der Waals surface area contributed by atoms with Gasteiger partial charge >= 0.3 is 6.09 Å². The Labute approximate surface area is 112 Å². The number of ether oxygens (including phenoxy) is 1. The molecular weight excluding hydrogens is 240 g/mol. The van der Waals surface area contributed by atoms with E-state index in [0.29, 0.717) is 11.4 Å². The molecule has 19 heavy (non-hydrogen) atoms. The zero-order valence-corrected chi connectivity index (χ0v) is 11.4. The number of anilines is 1. The molecule has 0 aliphatic carbocycles. The first-order valence-electron chi connectivity index (χ1n) is 6.13. The molecule has 0 atom stereocenters. The van der Waals surface area contributed by atoms with Gasteiger partial charge in [-0.15, -0.1) is 0 Å². The van der Waals surface area contributed by atoms with Crippen LogP contribution in [0, 0.1) is 0 Å². The summed E-state index contributed by atoms with van der Waals surface area (Å²) in [5.74, 6) is 0.375. The molecule has 0 aromatic heterocycles. The summed E-state index contributed by atoms with van der Waals surface area (Å²) in [5, 5.41) is 4.73. The molecule has 2 rings (SSSR count). The third-order valence-corrected chi connectivity index (χ3v) is 2.56. The van der Waals surface area contributed by atoms with Crippen molar-refractivity contribution in [1.29, 1.82) is 0 Å². The largest absolute Gasteiger partial charge is 0.413 e. The van der Waals surface area contributed by atoms with Gasteiger partial charge in [0.2, 0.25) is 0 Å². The lowest BCUT2D eigenvalue weighted by Gasteiger charge is -2.20. The Balaban J connectivity index is 2.25. The van der Waals surface area contributed by atoms with Crippen LogP contribution in [0.3, 0.4) is 0 Å². The fourth-order valence-corrected chi connectivity index (χ4v) is 1.76. The van der Waals surface area contributed by atoms with Crippen LogP contribution in [0.5, 0.6) is 5.75 Å². The number of hydrogen-bond donors (Lipinski definition) is 2. The number of rotatable bonds is 1. The number of amides is 1. The zero-order chi connectivity index (χ0) is 14.0. The Morgan fingerprint density at radius 2 is 1.74 bits per heavy atom. The summed E-state index contributed by atoms with van der Waals surface area (Å²) in [6.07, 6.45) is -0.505. The Hall–Kier alpha value is -2.23. The smallest absolute Gasteiger partial charge is 0.408 e. The zero-order valence-electron chi connectivity index (χ0n) is 11.4. The van der Waals surface area contributed by atoms with Crippen LogP contribution in [0.1, 0.15) is 20.8 Å². The molecule has 0 saturated heterocycles. The predicted octanol–water partition coefficient (Wildman–Crippen LogP) is 3.31. The first-order valence-corrected chi connectivity index (χ1v) is 6.13. The molecule has 0 aliphatic rings. The van der Waals surface area contributed by atoms with E-state index in [4.69, 9.17) is 10.5 Å². The van der Waals surface area contributed by atoms with Gasteiger partial charge in [-0.1, -0.05) is 24.3 Å². The van der Waals surface area contributed by atoms with Crippen LogP contribution in [0.4, 0.5) is 10.5 Å². The van der Waals surface area contributed by atoms with Gasteiger partial charge in [0.05, 0.1) is 5.69 Å². The summed E-state index contributed by atoms with van der Waals surface area (Å²) in [6.45, 7) is 5.66. The summed E-state index contributed by atoms with van der Waals surface area (Å²) in [5.41, 5.74) is 6.00. The van der Waals surface area contributed by atoms with E-state index in [-0.39, 0.29) is 5.54 Å². The molecule has 0 radical (unpaired) electrons. The molecule has 0 unspecified atom stereocenters. The second-order valence-corrected chi connectivity index (χ2v) is 5.50. The van der Waals surface area contributed by atoms with Crippen LogP contribution >= 0.6 is 0 Å². The van der Waals surface area contributed by atoms with Gasteiger partial charge in [0.15, 0.2) is 5.75 Å². The summed E-state index contributed by atoms with van der Waals surface area (Å²) in [4.78, 5) is 11.7. The Kier molecular flexibility index (Phi) is 3.34. The lowest BCUT2D eigenvalue weighted by Crippen LogP contribution is -2.42. The van der Waals surface area contributed by atoms with E-state index in [0.717, 1.165) is 10.8 Å². The van der Waals surface area contributed by atoms with Gasteiger partial charge < -0.3 is 15.8 Å². The third-order valence-electron chi connectivity index (χ3n) is 2.56. The van der Waals surface area contributed by atoms with Gasteiger partial charge in [0, 0.05) is 5.54 Å². The van der Waals surface area contributed by atoms with Gasteiger partial charge in [-0.2, -0.15) is 0 Å². The van der Waals surface area contributed by atoms with E-state index in [1.54, 1.807) is 12.1 Å². The summed E-state index contributed by atoms with van der Waals surface area (Å²) in [6, 6.07) is 11.3. The first kappa shape index (κ1) is 13.2. The molecule has 2 aromatic carbocycles. The van der Waals surface area contributed by atoms with Gasteiger partial charge in [-0.25, -0.2) is 4.79 Å². The maximum absolute atomic E-state index is 11.7. The van der Waals surface area contributed by atoms with Crippen molar-refractivity contribution in [2.24, 2.45) is 0 Å². The first-order chi connectivity index (χ1) is 8.85. The van der Waals surface area contributed by atoms with E-state index >= 15 is 0 Å². The van der Waals surface area contributed by atoms with Crippen molar-refractivity contribution >= 4 is 22.6 Å². The quantitative estimate of drug-likeness (QED) is 0.771. The van der Waals surface area contributed by atoms with Crippen molar-refractivity contribution in [2.75, 3.05) is 5.73 Å². The highest BCUT2D eigenvalue weighted by Crippen LogP contribution is 2.28. The van der Waals surface area contributed by atoms with Crippen LogP contribution in [0.15, 0.2) is 36.4 Å². The van der Waals surface area contributed by atoms with Crippen molar-refractivity contribution in [2.45, 2.75) is 26.3 Å². The molecule has 0 bridgehead atoms. The minimum atomic E-state index is -0.505. The number of carbonyl (C=O) groups is 1. The number of nitrogens with one attached hydrogen (secondary N) is 1. The van der Waals surface area contributed by atoms with Gasteiger partial charge in [0.25, 0.3) is 0 Å². The molecule has 4 nitrogen and oxygen atoms in total. The average Bonchev–Trinajstić information content (AvgIpc) is 2.27. The number of benzene rings is 2. The summed E-state index contributed by atoms with van der Waals surface area (Å²) < 4.78 is 5.25. The predicted molar refractivity (Wildman–Crippen MR) is 77.3 cm³/mol. The normalized spacial score (nSPS) is 11.3. The molecule has 100 valence electrons. The van der Waals surface area contributed by atoms with Crippen LogP contribution in [0.2, 0.25) is 0 Å². The third kappa shape index (κ3) is 3.37. The number of carbonyl (C=O) groups excluding carboxylic acids is 1. The van der Waals surface area contributed by atoms with Gasteiger partial charge in [-0.05, 0) is 43.7 Å². The molecule has 0 aliphatic heterocycles. The number of nitrogens with two attached hydrogens (primary N) is 1. The molecule has 4 heteroatoms. The fraction of sp³-hybridized carbons (Fsp3) is 0.267. The molecule has 0 spiro atoms. The summed E-state index contributed by atoms with van der Waals surface area (Å²) in [7, 11) is 0. The van der Waals surface area contributed by atoms with Crippen molar-refractivity contribution in [3.05, 3.63) is 36.4 Å². The van der Waals surface area contributed by atoms with Crippen molar-refractivity contribution < 1.29 is 9.53 Å². The highest BCUT2D eigenvalue weighted by Gasteiger charge is 2.16. The maximum Gasteiger partial charge on any atom is 0.413 e. The van der Waals surface area contributed by atoms with Crippen LogP contribution in [-0.2, 0) is 0 Å². The minimum Gasteiger partial charge on any atom is -0.408 e. The fourth-order valence-electron chi connectivity index (χ4n) is 1.76. The van der Waals surface area contributed by atoms with Crippen molar-refractivity contribution in [3.8, 4) is 5.75 Å². The van der Waals surface area contributed by atoms with Crippen LogP contribution < -0.4 is 15.8 Å². The molecular formula is C15H18N2O2. The Morgan fingerprint density at radius 3 is 2.32 bits per heavy atom. The van der Waals surface area contributed by atoms with E-state index in [9.17, 15) is 4.79 Å². The molecule has 3 N–H and O–H groups in total. The number of hydrogen-bond acceptors (Lipinski definition) is 3. The number of nitrogen functional groups attached to an aromatic ring is 1. The van der Waals surface area contributed by atoms with Crippen LogP contribution in [-0.4, -0.2) is 11.6 Å². The van der Waals surface area contributed by atoms with Crippen LogP contribution in [0.25, 0.3) is 10.8 Å². The average molecular weight is 258 g/mol. The molecule has 2 aromatic rings. The Bertz CT molecular complexity index is 615. The molecule has 1 amide bonds. The van der Waals surface area contributed by atoms with Crippen molar-refractivity contribution in [3.63, 3.8) is 0 Å². The molecule has 0 saturated carbocycles. The standard InChI is InChI=1S/C15H18N2O2/c1-15(2,3)17-14(18)19-13-9-11-7-5-4-6-10(11)8-12(13)16/h4-9H,16H2,1-3H3,(H,17,18). The van der Waals surface area contributed by atoms with E-state index < -0.39 is 6.09 Å².